The number of aromatic nitrogens is 3. The van der Waals surface area contributed by atoms with Crippen LogP contribution < -0.4 is 0 Å². The van der Waals surface area contributed by atoms with E-state index >= 15 is 0 Å². The highest BCUT2D eigenvalue weighted by Crippen LogP contribution is 2.42. The third-order valence-corrected chi connectivity index (χ3v) is 6.86. The zero-order chi connectivity index (χ0) is 22.4. The lowest BCUT2D eigenvalue weighted by Crippen LogP contribution is -2.63. The number of rotatable bonds is 5. The van der Waals surface area contributed by atoms with E-state index < -0.39 is 6.04 Å². The Bertz CT molecular complexity index is 1310. The Kier molecular flexibility index (Phi) is 4.75. The van der Waals surface area contributed by atoms with Crippen molar-refractivity contribution in [2.45, 2.75) is 31.5 Å². The van der Waals surface area contributed by atoms with E-state index in [0.29, 0.717) is 13.0 Å². The SMILES string of the molecule is O=C1[C@@H]2Cc3c([nH]c4ccccc34)[C@@H](c3ccccc3)N2C(=O)CN1CCCn1ccnc1. The van der Waals surface area contributed by atoms with Gasteiger partial charge in [0.25, 0.3) is 0 Å². The molecule has 2 aliphatic heterocycles. The van der Waals surface area contributed by atoms with Crippen molar-refractivity contribution in [3.63, 3.8) is 0 Å². The van der Waals surface area contributed by atoms with Crippen molar-refractivity contribution in [1.82, 2.24) is 24.3 Å². The fourth-order valence-electron chi connectivity index (χ4n) is 5.36. The maximum Gasteiger partial charge on any atom is 0.246 e. The molecule has 7 heteroatoms. The second kappa shape index (κ2) is 7.92. The van der Waals surface area contributed by atoms with Crippen LogP contribution in [0.25, 0.3) is 10.9 Å². The highest BCUT2D eigenvalue weighted by atomic mass is 16.2. The summed E-state index contributed by atoms with van der Waals surface area (Å²) in [6.45, 7) is 1.45. The van der Waals surface area contributed by atoms with Crippen LogP contribution in [0.5, 0.6) is 0 Å². The fraction of sp³-hybridized carbons (Fsp3) is 0.269. The summed E-state index contributed by atoms with van der Waals surface area (Å²) < 4.78 is 1.99. The van der Waals surface area contributed by atoms with Crippen molar-refractivity contribution >= 4 is 22.7 Å². The monoisotopic (exact) mass is 439 g/mol. The van der Waals surface area contributed by atoms with Crippen molar-refractivity contribution in [3.05, 3.63) is 90.1 Å². The van der Waals surface area contributed by atoms with Crippen LogP contribution in [0.2, 0.25) is 0 Å². The molecule has 33 heavy (non-hydrogen) atoms. The van der Waals surface area contributed by atoms with Gasteiger partial charge in [0, 0.05) is 48.5 Å². The van der Waals surface area contributed by atoms with E-state index in [1.165, 1.54) is 0 Å². The first kappa shape index (κ1) is 19.8. The average molecular weight is 440 g/mol. The van der Waals surface area contributed by atoms with Crippen LogP contribution in [0, 0.1) is 0 Å². The molecule has 0 saturated carbocycles. The second-order valence-electron chi connectivity index (χ2n) is 8.81. The zero-order valence-electron chi connectivity index (χ0n) is 18.2. The molecule has 0 spiro atoms. The number of aryl methyl sites for hydroxylation is 1. The smallest absolute Gasteiger partial charge is 0.246 e. The normalized spacial score (nSPS) is 20.2. The molecule has 0 aliphatic carbocycles. The number of nitrogens with zero attached hydrogens (tertiary/aromatic N) is 4. The van der Waals surface area contributed by atoms with Gasteiger partial charge in [0.15, 0.2) is 0 Å². The number of imidazole rings is 1. The molecule has 0 bridgehead atoms. The van der Waals surface area contributed by atoms with Gasteiger partial charge in [-0.3, -0.25) is 9.59 Å². The number of fused-ring (bicyclic) bond motifs is 4. The van der Waals surface area contributed by atoms with Gasteiger partial charge in [-0.25, -0.2) is 4.98 Å². The first-order valence-electron chi connectivity index (χ1n) is 11.4. The first-order chi connectivity index (χ1) is 16.2. The number of carbonyl (C=O) groups excluding carboxylic acids is 2. The van der Waals surface area contributed by atoms with Gasteiger partial charge in [-0.2, -0.15) is 0 Å². The summed E-state index contributed by atoms with van der Waals surface area (Å²) in [5.41, 5.74) is 4.22. The van der Waals surface area contributed by atoms with Gasteiger partial charge in [0.2, 0.25) is 11.8 Å². The third kappa shape index (κ3) is 3.31. The molecule has 0 radical (unpaired) electrons. The topological polar surface area (TPSA) is 74.2 Å². The molecule has 0 unspecified atom stereocenters. The van der Waals surface area contributed by atoms with Gasteiger partial charge in [-0.15, -0.1) is 0 Å². The third-order valence-electron chi connectivity index (χ3n) is 6.86. The lowest BCUT2D eigenvalue weighted by atomic mass is 9.86. The fourth-order valence-corrected chi connectivity index (χ4v) is 5.36. The lowest BCUT2D eigenvalue weighted by Gasteiger charge is -2.47. The molecule has 4 aromatic rings. The van der Waals surface area contributed by atoms with Crippen molar-refractivity contribution in [2.24, 2.45) is 0 Å². The van der Waals surface area contributed by atoms with E-state index in [0.717, 1.165) is 40.7 Å². The molecule has 2 aliphatic rings. The Hall–Kier alpha value is -3.87. The molecule has 2 aromatic carbocycles. The quantitative estimate of drug-likeness (QED) is 0.519. The predicted octanol–water partition coefficient (Wildman–Crippen LogP) is 3.14. The van der Waals surface area contributed by atoms with E-state index in [1.807, 2.05) is 58.1 Å². The molecule has 7 nitrogen and oxygen atoms in total. The van der Waals surface area contributed by atoms with Crippen molar-refractivity contribution in [3.8, 4) is 0 Å². The molecule has 2 amide bonds. The Morgan fingerprint density at radius 2 is 1.82 bits per heavy atom. The molecule has 2 aromatic heterocycles. The van der Waals surface area contributed by atoms with Gasteiger partial charge in [-0.05, 0) is 23.6 Å². The number of benzene rings is 2. The first-order valence-corrected chi connectivity index (χ1v) is 11.4. The summed E-state index contributed by atoms with van der Waals surface area (Å²) in [5, 5.41) is 1.13. The zero-order valence-corrected chi connectivity index (χ0v) is 18.2. The van der Waals surface area contributed by atoms with E-state index in [-0.39, 0.29) is 24.4 Å². The Morgan fingerprint density at radius 3 is 2.64 bits per heavy atom. The standard InChI is InChI=1S/C26H25N5O2/c32-23-16-30(13-6-12-29-14-11-27-17-29)26(33)22-15-20-19-9-4-5-10-21(19)28-24(20)25(31(22)23)18-7-2-1-3-8-18/h1-5,7-11,14,17,22,25,28H,6,12-13,15-16H2/t22-,25+/m0/s1. The highest BCUT2D eigenvalue weighted by molar-refractivity contribution is 5.97. The van der Waals surface area contributed by atoms with Gasteiger partial charge < -0.3 is 19.4 Å². The minimum atomic E-state index is -0.489. The van der Waals surface area contributed by atoms with Crippen LogP contribution in [0.4, 0.5) is 0 Å². The summed E-state index contributed by atoms with van der Waals surface area (Å²) in [4.78, 5) is 38.3. The molecule has 6 rings (SSSR count). The predicted molar refractivity (Wildman–Crippen MR) is 124 cm³/mol. The van der Waals surface area contributed by atoms with E-state index in [2.05, 4.69) is 22.1 Å². The number of H-pyrrole nitrogens is 1. The molecule has 2 atom stereocenters. The maximum atomic E-state index is 13.6. The van der Waals surface area contributed by atoms with E-state index in [1.54, 1.807) is 17.4 Å². The van der Waals surface area contributed by atoms with Gasteiger partial charge in [-0.1, -0.05) is 48.5 Å². The Morgan fingerprint density at radius 1 is 1.00 bits per heavy atom. The van der Waals surface area contributed by atoms with E-state index in [9.17, 15) is 9.59 Å². The molecule has 4 heterocycles. The van der Waals surface area contributed by atoms with Crippen LogP contribution in [0.15, 0.2) is 73.3 Å². The maximum absolute atomic E-state index is 13.6. The molecule has 1 fully saturated rings. The molecular formula is C26H25N5O2. The molecule has 166 valence electrons. The average Bonchev–Trinajstić information content (AvgIpc) is 3.49. The minimum absolute atomic E-state index is 0.000361. The summed E-state index contributed by atoms with van der Waals surface area (Å²) in [5.74, 6) is 0.0393. The number of hydrogen-bond donors (Lipinski definition) is 1. The number of amides is 2. The van der Waals surface area contributed by atoms with Gasteiger partial charge in [0.1, 0.15) is 6.04 Å². The summed E-state index contributed by atoms with van der Waals surface area (Å²) >= 11 is 0. The second-order valence-corrected chi connectivity index (χ2v) is 8.81. The van der Waals surface area contributed by atoms with Gasteiger partial charge >= 0.3 is 0 Å². The van der Waals surface area contributed by atoms with Crippen LogP contribution in [0.1, 0.15) is 29.3 Å². The van der Waals surface area contributed by atoms with Crippen LogP contribution >= 0.6 is 0 Å². The number of carbonyl (C=O) groups is 2. The molecular weight excluding hydrogens is 414 g/mol. The summed E-state index contributed by atoms with van der Waals surface area (Å²) in [7, 11) is 0. The summed E-state index contributed by atoms with van der Waals surface area (Å²) in [6.07, 6.45) is 6.75. The summed E-state index contributed by atoms with van der Waals surface area (Å²) in [6, 6.07) is 17.4. The number of para-hydroxylation sites is 1. The van der Waals surface area contributed by atoms with Crippen molar-refractivity contribution in [2.75, 3.05) is 13.1 Å². The number of piperazine rings is 1. The number of hydrogen-bond acceptors (Lipinski definition) is 3. The van der Waals surface area contributed by atoms with Gasteiger partial charge in [0.05, 0.1) is 18.9 Å². The highest BCUT2D eigenvalue weighted by Gasteiger charge is 2.47. The minimum Gasteiger partial charge on any atom is -0.356 e. The van der Waals surface area contributed by atoms with Crippen LogP contribution in [-0.4, -0.2) is 55.3 Å². The Balaban J connectivity index is 1.36. The Labute approximate surface area is 191 Å². The van der Waals surface area contributed by atoms with Crippen molar-refractivity contribution < 1.29 is 9.59 Å². The largest absolute Gasteiger partial charge is 0.356 e. The van der Waals surface area contributed by atoms with E-state index in [4.69, 9.17) is 0 Å². The van der Waals surface area contributed by atoms with Crippen LogP contribution in [0.3, 0.4) is 0 Å². The van der Waals surface area contributed by atoms with Crippen molar-refractivity contribution in [1.29, 1.82) is 0 Å². The molecule has 1 saturated heterocycles. The van der Waals surface area contributed by atoms with Crippen LogP contribution in [-0.2, 0) is 22.6 Å². The lowest BCUT2D eigenvalue weighted by molar-refractivity contribution is -0.158. The number of nitrogens with one attached hydrogen (secondary N) is 1. The molecule has 1 N–H and O–H groups in total. The number of aromatic amines is 1.